The van der Waals surface area contributed by atoms with E-state index < -0.39 is 17.4 Å². The maximum Gasteiger partial charge on any atom is 0.230 e. The summed E-state index contributed by atoms with van der Waals surface area (Å²) in [6.45, 7) is 3.53. The lowest BCUT2D eigenvalue weighted by atomic mass is 9.76. The van der Waals surface area contributed by atoms with Crippen LogP contribution in [0.3, 0.4) is 0 Å². The summed E-state index contributed by atoms with van der Waals surface area (Å²) in [4.78, 5) is 30.3. The summed E-state index contributed by atoms with van der Waals surface area (Å²) in [6, 6.07) is 8.18. The van der Waals surface area contributed by atoms with Crippen molar-refractivity contribution in [2.45, 2.75) is 31.7 Å². The van der Waals surface area contributed by atoms with Crippen molar-refractivity contribution in [3.05, 3.63) is 65.5 Å². The van der Waals surface area contributed by atoms with Gasteiger partial charge in [-0.3, -0.25) is 14.3 Å². The van der Waals surface area contributed by atoms with Crippen LogP contribution in [-0.2, 0) is 34.5 Å². The van der Waals surface area contributed by atoms with E-state index in [2.05, 4.69) is 11.2 Å². The molecule has 5 rings (SSSR count). The van der Waals surface area contributed by atoms with Crippen LogP contribution in [0.4, 0.5) is 0 Å². The molecule has 156 valence electrons. The maximum atomic E-state index is 13.4. The van der Waals surface area contributed by atoms with Crippen molar-refractivity contribution < 1.29 is 14.3 Å². The lowest BCUT2D eigenvalue weighted by Crippen LogP contribution is -2.44. The monoisotopic (exact) mass is 406 g/mol. The van der Waals surface area contributed by atoms with Crippen LogP contribution in [0.25, 0.3) is 0 Å². The van der Waals surface area contributed by atoms with Crippen LogP contribution in [0, 0.1) is 18.8 Å². The van der Waals surface area contributed by atoms with Crippen LogP contribution in [-0.4, -0.2) is 56.7 Å². The fourth-order valence-corrected chi connectivity index (χ4v) is 5.18. The van der Waals surface area contributed by atoms with E-state index in [1.165, 1.54) is 5.56 Å². The van der Waals surface area contributed by atoms with Crippen molar-refractivity contribution >= 4 is 11.8 Å². The summed E-state index contributed by atoms with van der Waals surface area (Å²) in [5.74, 6) is -0.977. The molecule has 1 spiro atoms. The van der Waals surface area contributed by atoms with E-state index in [4.69, 9.17) is 4.74 Å². The second kappa shape index (κ2) is 6.80. The Morgan fingerprint density at radius 3 is 2.93 bits per heavy atom. The first-order chi connectivity index (χ1) is 14.4. The van der Waals surface area contributed by atoms with Gasteiger partial charge in [-0.05, 0) is 12.5 Å². The van der Waals surface area contributed by atoms with E-state index in [0.717, 1.165) is 11.1 Å². The van der Waals surface area contributed by atoms with Crippen molar-refractivity contribution in [2.24, 2.45) is 18.9 Å². The molecule has 2 amide bonds. The Labute approximate surface area is 175 Å². The van der Waals surface area contributed by atoms with Gasteiger partial charge in [-0.1, -0.05) is 42.0 Å². The van der Waals surface area contributed by atoms with Crippen LogP contribution in [0.2, 0.25) is 0 Å². The zero-order valence-electron chi connectivity index (χ0n) is 17.5. The number of nitrogens with zero attached hydrogens (tertiary/aromatic N) is 4. The second-order valence-electron chi connectivity index (χ2n) is 8.80. The van der Waals surface area contributed by atoms with E-state index >= 15 is 0 Å². The van der Waals surface area contributed by atoms with Gasteiger partial charge in [0.25, 0.3) is 0 Å². The predicted octanol–water partition coefficient (Wildman–Crippen LogP) is 1.67. The Bertz CT molecular complexity index is 1040. The molecule has 7 nitrogen and oxygen atoms in total. The average Bonchev–Trinajstić information content (AvgIpc) is 3.44. The summed E-state index contributed by atoms with van der Waals surface area (Å²) in [5.41, 5.74) is 2.54. The first kappa shape index (κ1) is 19.1. The van der Waals surface area contributed by atoms with Crippen molar-refractivity contribution in [1.29, 1.82) is 0 Å². The fourth-order valence-electron chi connectivity index (χ4n) is 5.18. The van der Waals surface area contributed by atoms with Crippen molar-refractivity contribution in [3.63, 3.8) is 0 Å². The van der Waals surface area contributed by atoms with Gasteiger partial charge in [-0.25, -0.2) is 0 Å². The zero-order valence-corrected chi connectivity index (χ0v) is 17.5. The van der Waals surface area contributed by atoms with E-state index in [9.17, 15) is 9.59 Å². The largest absolute Gasteiger partial charge is 0.360 e. The molecule has 0 aliphatic carbocycles. The average molecular weight is 406 g/mol. The second-order valence-corrected chi connectivity index (χ2v) is 8.80. The van der Waals surface area contributed by atoms with Gasteiger partial charge in [0.05, 0.1) is 30.7 Å². The molecule has 3 aliphatic rings. The molecule has 1 aromatic heterocycles. The molecule has 7 heteroatoms. The molecule has 2 fully saturated rings. The molecule has 2 saturated heterocycles. The number of hydrogen-bond donors (Lipinski definition) is 0. The van der Waals surface area contributed by atoms with Gasteiger partial charge in [0.2, 0.25) is 11.8 Å². The van der Waals surface area contributed by atoms with Gasteiger partial charge in [0, 0.05) is 38.9 Å². The topological polar surface area (TPSA) is 67.7 Å². The highest BCUT2D eigenvalue weighted by Gasteiger charge is 2.67. The fraction of sp³-hybridized carbons (Fsp3) is 0.435. The van der Waals surface area contributed by atoms with Gasteiger partial charge in [-0.15, -0.1) is 0 Å². The van der Waals surface area contributed by atoms with Gasteiger partial charge in [0.1, 0.15) is 5.60 Å². The highest BCUT2D eigenvalue weighted by molar-refractivity contribution is 5.93. The number of carbonyl (C=O) groups excluding carboxylic acids is 2. The smallest absolute Gasteiger partial charge is 0.230 e. The number of rotatable bonds is 5. The van der Waals surface area contributed by atoms with E-state index in [1.54, 1.807) is 22.8 Å². The summed E-state index contributed by atoms with van der Waals surface area (Å²) < 4.78 is 7.96. The normalized spacial score (nSPS) is 29.0. The van der Waals surface area contributed by atoms with E-state index in [1.807, 2.05) is 55.4 Å². The lowest BCUT2D eigenvalue weighted by Gasteiger charge is -2.27. The summed E-state index contributed by atoms with van der Waals surface area (Å²) >= 11 is 0. The summed E-state index contributed by atoms with van der Waals surface area (Å²) in [5, 5.41) is 4.17. The summed E-state index contributed by atoms with van der Waals surface area (Å²) in [7, 11) is 3.63. The SMILES string of the molecule is Cc1cccc(CN2C[C@]34C=C[C@H](O3)[C@@H](C(=O)N(C)Cc3cnn(C)c3)[C@@H]4C2=O)c1. The first-order valence-electron chi connectivity index (χ1n) is 10.3. The van der Waals surface area contributed by atoms with Gasteiger partial charge >= 0.3 is 0 Å². The molecule has 4 atom stereocenters. The molecule has 4 heterocycles. The molecular formula is C23H26N4O3. The highest BCUT2D eigenvalue weighted by Crippen LogP contribution is 2.52. The number of likely N-dealkylation sites (tertiary alicyclic amines) is 1. The van der Waals surface area contributed by atoms with Gasteiger partial charge in [0.15, 0.2) is 0 Å². The minimum atomic E-state index is -0.680. The minimum Gasteiger partial charge on any atom is -0.360 e. The van der Waals surface area contributed by atoms with E-state index in [-0.39, 0.29) is 17.9 Å². The molecule has 0 N–H and O–H groups in total. The predicted molar refractivity (Wildman–Crippen MR) is 110 cm³/mol. The minimum absolute atomic E-state index is 0.0106. The van der Waals surface area contributed by atoms with Crippen molar-refractivity contribution in [2.75, 3.05) is 13.6 Å². The van der Waals surface area contributed by atoms with Crippen LogP contribution in [0.5, 0.6) is 0 Å². The number of aryl methyl sites for hydroxylation is 2. The lowest BCUT2D eigenvalue weighted by molar-refractivity contribution is -0.142. The molecule has 1 aromatic carbocycles. The first-order valence-corrected chi connectivity index (χ1v) is 10.3. The molecule has 2 bridgehead atoms. The molecular weight excluding hydrogens is 380 g/mol. The van der Waals surface area contributed by atoms with Gasteiger partial charge in [-0.2, -0.15) is 5.10 Å². The standard InChI is InChI=1S/C23H26N4O3/c1-15-5-4-6-16(9-15)13-27-14-23-8-7-18(30-23)19(20(23)22(27)29)21(28)25(2)11-17-10-24-26(3)12-17/h4-10,12,18-20H,11,13-14H2,1-3H3/t18-,19+,20+,23-/m0/s1. The van der Waals surface area contributed by atoms with Gasteiger partial charge < -0.3 is 14.5 Å². The number of carbonyl (C=O) groups is 2. The molecule has 0 saturated carbocycles. The number of amides is 2. The number of ether oxygens (including phenoxy) is 1. The third-order valence-electron chi connectivity index (χ3n) is 6.47. The van der Waals surface area contributed by atoms with Crippen LogP contribution >= 0.6 is 0 Å². The van der Waals surface area contributed by atoms with Crippen LogP contribution in [0.15, 0.2) is 48.8 Å². The number of benzene rings is 1. The Balaban J connectivity index is 1.36. The molecule has 30 heavy (non-hydrogen) atoms. The Kier molecular flexibility index (Phi) is 4.32. The number of aromatic nitrogens is 2. The quantitative estimate of drug-likeness (QED) is 0.709. The molecule has 2 aromatic rings. The zero-order chi connectivity index (χ0) is 21.0. The van der Waals surface area contributed by atoms with Crippen LogP contribution in [0.1, 0.15) is 16.7 Å². The third-order valence-corrected chi connectivity index (χ3v) is 6.47. The third kappa shape index (κ3) is 2.96. The molecule has 0 unspecified atom stereocenters. The Hall–Kier alpha value is -2.93. The molecule has 0 radical (unpaired) electrons. The Morgan fingerprint density at radius 2 is 2.20 bits per heavy atom. The van der Waals surface area contributed by atoms with Crippen molar-refractivity contribution in [1.82, 2.24) is 19.6 Å². The maximum absolute atomic E-state index is 13.4. The van der Waals surface area contributed by atoms with Crippen molar-refractivity contribution in [3.8, 4) is 0 Å². The Morgan fingerprint density at radius 1 is 1.37 bits per heavy atom. The molecule has 3 aliphatic heterocycles. The highest BCUT2D eigenvalue weighted by atomic mass is 16.5. The number of fused-ring (bicyclic) bond motifs is 1. The summed E-state index contributed by atoms with van der Waals surface area (Å²) in [6.07, 6.45) is 7.28. The van der Waals surface area contributed by atoms with Crippen LogP contribution < -0.4 is 0 Å². The number of hydrogen-bond acceptors (Lipinski definition) is 4. The van der Waals surface area contributed by atoms with E-state index in [0.29, 0.717) is 19.6 Å².